The summed E-state index contributed by atoms with van der Waals surface area (Å²) in [5.41, 5.74) is 5.00. The zero-order valence-electron chi connectivity index (χ0n) is 13.5. The fourth-order valence-corrected chi connectivity index (χ4v) is 3.80. The van der Waals surface area contributed by atoms with Gasteiger partial charge in [0.1, 0.15) is 5.82 Å². The Morgan fingerprint density at radius 1 is 1.08 bits per heavy atom. The lowest BCUT2D eigenvalue weighted by Gasteiger charge is -2.11. The zero-order chi connectivity index (χ0) is 18.1. The number of hydrogen-bond acceptors (Lipinski definition) is 6. The number of hydrazone groups is 1. The van der Waals surface area contributed by atoms with Crippen LogP contribution < -0.4 is 22.4 Å². The van der Waals surface area contributed by atoms with Crippen molar-refractivity contribution in [3.05, 3.63) is 64.5 Å². The van der Waals surface area contributed by atoms with E-state index in [9.17, 15) is 0 Å². The number of halogens is 1. The summed E-state index contributed by atoms with van der Waals surface area (Å²) >= 11 is 7.61. The van der Waals surface area contributed by atoms with E-state index < -0.39 is 0 Å². The lowest BCUT2D eigenvalue weighted by Crippen LogP contribution is -2.32. The maximum atomic E-state index is 5.97. The third kappa shape index (κ3) is 2.92. The van der Waals surface area contributed by atoms with Crippen LogP contribution in [-0.2, 0) is 0 Å². The summed E-state index contributed by atoms with van der Waals surface area (Å²) in [4.78, 5) is 4.81. The Labute approximate surface area is 158 Å². The summed E-state index contributed by atoms with van der Waals surface area (Å²) in [5.74, 6) is 12.0. The number of pyridine rings is 1. The first kappa shape index (κ1) is 16.6. The normalized spacial score (nSPS) is 11.8. The van der Waals surface area contributed by atoms with Crippen molar-refractivity contribution in [1.29, 1.82) is 0 Å². The van der Waals surface area contributed by atoms with Crippen molar-refractivity contribution in [2.45, 2.75) is 0 Å². The van der Waals surface area contributed by atoms with Crippen LogP contribution in [0.3, 0.4) is 0 Å². The summed E-state index contributed by atoms with van der Waals surface area (Å²) in [7, 11) is 0. The highest BCUT2D eigenvalue weighted by molar-refractivity contribution is 7.18. The second-order valence-corrected chi connectivity index (χ2v) is 6.96. The molecule has 0 spiro atoms. The van der Waals surface area contributed by atoms with Crippen molar-refractivity contribution in [1.82, 2.24) is 10.4 Å². The molecule has 8 heteroatoms. The average Bonchev–Trinajstić information content (AvgIpc) is 3.15. The minimum atomic E-state index is 0.395. The van der Waals surface area contributed by atoms with Crippen molar-refractivity contribution in [2.75, 3.05) is 5.32 Å². The number of hydrazine groups is 1. The molecule has 0 unspecified atom stereocenters. The van der Waals surface area contributed by atoms with E-state index >= 15 is 0 Å². The maximum Gasteiger partial charge on any atom is 0.166 e. The molecule has 4 aromatic rings. The van der Waals surface area contributed by atoms with Crippen LogP contribution in [0.5, 0.6) is 0 Å². The molecule has 0 saturated heterocycles. The van der Waals surface area contributed by atoms with E-state index in [1.807, 2.05) is 42.5 Å². The molecule has 0 aliphatic heterocycles. The highest BCUT2D eigenvalue weighted by Gasteiger charge is 2.12. The molecule has 0 saturated carbocycles. The zero-order valence-corrected chi connectivity index (χ0v) is 15.1. The van der Waals surface area contributed by atoms with Gasteiger partial charge in [0.15, 0.2) is 5.84 Å². The Kier molecular flexibility index (Phi) is 4.34. The first-order valence-electron chi connectivity index (χ1n) is 7.78. The van der Waals surface area contributed by atoms with Gasteiger partial charge < -0.3 is 16.6 Å². The quantitative estimate of drug-likeness (QED) is 0.186. The van der Waals surface area contributed by atoms with Gasteiger partial charge in [0.05, 0.1) is 10.2 Å². The van der Waals surface area contributed by atoms with E-state index in [0.717, 1.165) is 38.1 Å². The molecule has 0 aliphatic carbocycles. The van der Waals surface area contributed by atoms with Crippen LogP contribution >= 0.6 is 22.9 Å². The standard InChI is InChI=1S/C18H15ClN6S/c19-11-2-4-12(5-3-11)22-18-16-14(7-8-26-16)13-6-1-10(9-15(13)23-18)17(24-20)25-21/h1-9H,20-21H2,(H,22,23)(H,24,25). The predicted octanol–water partition coefficient (Wildman–Crippen LogP) is 3.93. The van der Waals surface area contributed by atoms with Gasteiger partial charge in [-0.1, -0.05) is 23.7 Å². The number of amidine groups is 1. The Balaban J connectivity index is 1.87. The molecule has 2 aromatic heterocycles. The van der Waals surface area contributed by atoms with Gasteiger partial charge in [-0.3, -0.25) is 0 Å². The smallest absolute Gasteiger partial charge is 0.166 e. The van der Waals surface area contributed by atoms with E-state index in [2.05, 4.69) is 27.3 Å². The minimum Gasteiger partial charge on any atom is -0.339 e. The molecule has 0 aliphatic rings. The number of anilines is 2. The molecule has 0 bridgehead atoms. The molecule has 0 radical (unpaired) electrons. The summed E-state index contributed by atoms with van der Waals surface area (Å²) in [6, 6.07) is 15.4. The first-order chi connectivity index (χ1) is 12.7. The first-order valence-corrected chi connectivity index (χ1v) is 9.04. The van der Waals surface area contributed by atoms with Gasteiger partial charge in [-0.2, -0.15) is 5.10 Å². The summed E-state index contributed by atoms with van der Waals surface area (Å²) in [6.07, 6.45) is 0. The molecular formula is C18H15ClN6S. The molecular weight excluding hydrogens is 368 g/mol. The monoisotopic (exact) mass is 382 g/mol. The number of rotatable bonds is 3. The molecule has 6 N–H and O–H groups in total. The van der Waals surface area contributed by atoms with Gasteiger partial charge in [0.25, 0.3) is 0 Å². The molecule has 0 atom stereocenters. The number of thiophene rings is 1. The van der Waals surface area contributed by atoms with Crippen molar-refractivity contribution in [3.63, 3.8) is 0 Å². The topological polar surface area (TPSA) is 101 Å². The number of aromatic nitrogens is 1. The number of nitrogens with zero attached hydrogens (tertiary/aromatic N) is 2. The minimum absolute atomic E-state index is 0.395. The molecule has 0 amide bonds. The molecule has 130 valence electrons. The van der Waals surface area contributed by atoms with Gasteiger partial charge in [-0.05, 0) is 41.8 Å². The SMILES string of the molecule is N/N=C(\NN)c1ccc2c(c1)nc(Nc1ccc(Cl)cc1)c1sccc12. The van der Waals surface area contributed by atoms with Crippen LogP contribution in [0.15, 0.2) is 59.0 Å². The molecule has 0 fully saturated rings. The number of hydrogen-bond donors (Lipinski definition) is 4. The van der Waals surface area contributed by atoms with Crippen LogP contribution in [-0.4, -0.2) is 10.8 Å². The van der Waals surface area contributed by atoms with Gasteiger partial charge >= 0.3 is 0 Å². The Hall–Kier alpha value is -2.87. The maximum absolute atomic E-state index is 5.97. The van der Waals surface area contributed by atoms with Crippen LogP contribution in [0.1, 0.15) is 5.56 Å². The molecule has 6 nitrogen and oxygen atoms in total. The predicted molar refractivity (Wildman–Crippen MR) is 110 cm³/mol. The van der Waals surface area contributed by atoms with E-state index in [4.69, 9.17) is 28.3 Å². The molecule has 2 aromatic carbocycles. The highest BCUT2D eigenvalue weighted by atomic mass is 35.5. The number of benzene rings is 2. The van der Waals surface area contributed by atoms with Crippen molar-refractivity contribution in [3.8, 4) is 0 Å². The second kappa shape index (κ2) is 6.80. The van der Waals surface area contributed by atoms with E-state index in [1.54, 1.807) is 11.3 Å². The van der Waals surface area contributed by atoms with Crippen molar-refractivity contribution >= 4 is 61.3 Å². The van der Waals surface area contributed by atoms with Crippen LogP contribution in [0, 0.1) is 0 Å². The Bertz CT molecular complexity index is 1120. The largest absolute Gasteiger partial charge is 0.339 e. The van der Waals surface area contributed by atoms with E-state index in [0.29, 0.717) is 10.9 Å². The van der Waals surface area contributed by atoms with Crippen molar-refractivity contribution in [2.24, 2.45) is 16.8 Å². The van der Waals surface area contributed by atoms with Crippen LogP contribution in [0.2, 0.25) is 5.02 Å². The molecule has 2 heterocycles. The van der Waals surface area contributed by atoms with Gasteiger partial charge in [-0.25, -0.2) is 10.8 Å². The summed E-state index contributed by atoms with van der Waals surface area (Å²) in [6.45, 7) is 0. The fraction of sp³-hybridized carbons (Fsp3) is 0. The third-order valence-corrected chi connectivity index (χ3v) is 5.22. The van der Waals surface area contributed by atoms with Gasteiger partial charge in [-0.15, -0.1) is 11.3 Å². The molecule has 26 heavy (non-hydrogen) atoms. The van der Waals surface area contributed by atoms with E-state index in [1.165, 1.54) is 0 Å². The third-order valence-electron chi connectivity index (χ3n) is 4.05. The van der Waals surface area contributed by atoms with Crippen LogP contribution in [0.25, 0.3) is 21.0 Å². The Morgan fingerprint density at radius 2 is 1.88 bits per heavy atom. The average molecular weight is 383 g/mol. The summed E-state index contributed by atoms with van der Waals surface area (Å²) < 4.78 is 1.09. The summed E-state index contributed by atoms with van der Waals surface area (Å²) in [5, 5.41) is 12.0. The number of fused-ring (bicyclic) bond motifs is 3. The second-order valence-electron chi connectivity index (χ2n) is 5.61. The number of nitrogens with two attached hydrogens (primary N) is 2. The fourth-order valence-electron chi connectivity index (χ4n) is 2.82. The van der Waals surface area contributed by atoms with Crippen molar-refractivity contribution < 1.29 is 0 Å². The molecule has 4 rings (SSSR count). The van der Waals surface area contributed by atoms with Crippen LogP contribution in [0.4, 0.5) is 11.5 Å². The van der Waals surface area contributed by atoms with Gasteiger partial charge in [0, 0.05) is 27.0 Å². The lowest BCUT2D eigenvalue weighted by molar-refractivity contribution is 1.00. The highest BCUT2D eigenvalue weighted by Crippen LogP contribution is 2.35. The van der Waals surface area contributed by atoms with E-state index in [-0.39, 0.29) is 0 Å². The van der Waals surface area contributed by atoms with Gasteiger partial charge in [0.2, 0.25) is 0 Å². The lowest BCUT2D eigenvalue weighted by atomic mass is 10.1. The number of nitrogens with one attached hydrogen (secondary N) is 2. The Morgan fingerprint density at radius 3 is 2.62 bits per heavy atom.